The molecular formula is C15H18N2O2. The van der Waals surface area contributed by atoms with Gasteiger partial charge in [0.25, 0.3) is 0 Å². The molecule has 100 valence electrons. The number of terminal acetylenes is 1. The summed E-state index contributed by atoms with van der Waals surface area (Å²) >= 11 is 0. The number of anilines is 1. The molecule has 2 rings (SSSR count). The molecule has 1 unspecified atom stereocenters. The zero-order chi connectivity index (χ0) is 13.7. The van der Waals surface area contributed by atoms with Gasteiger partial charge in [0.2, 0.25) is 5.91 Å². The van der Waals surface area contributed by atoms with E-state index >= 15 is 0 Å². The Morgan fingerprint density at radius 2 is 2.21 bits per heavy atom. The average molecular weight is 258 g/mol. The lowest BCUT2D eigenvalue weighted by molar-refractivity contribution is -0.135. The second kappa shape index (κ2) is 6.26. The van der Waals surface area contributed by atoms with Crippen LogP contribution in [-0.2, 0) is 9.53 Å². The smallest absolute Gasteiger partial charge is 0.244 e. The molecule has 1 aromatic rings. The molecule has 4 heteroatoms. The molecule has 19 heavy (non-hydrogen) atoms. The van der Waals surface area contributed by atoms with Crippen LogP contribution in [0.25, 0.3) is 0 Å². The van der Waals surface area contributed by atoms with Crippen molar-refractivity contribution in [1.29, 1.82) is 0 Å². The zero-order valence-corrected chi connectivity index (χ0v) is 11.1. The van der Waals surface area contributed by atoms with Crippen LogP contribution in [-0.4, -0.2) is 43.2 Å². The van der Waals surface area contributed by atoms with Crippen LogP contribution >= 0.6 is 0 Å². The van der Waals surface area contributed by atoms with Crippen LogP contribution in [0.15, 0.2) is 24.3 Å². The summed E-state index contributed by atoms with van der Waals surface area (Å²) < 4.78 is 5.24. The highest BCUT2D eigenvalue weighted by Crippen LogP contribution is 2.12. The van der Waals surface area contributed by atoms with Gasteiger partial charge in [-0.3, -0.25) is 4.79 Å². The summed E-state index contributed by atoms with van der Waals surface area (Å²) in [6.45, 7) is 4.42. The van der Waals surface area contributed by atoms with Gasteiger partial charge in [0, 0.05) is 24.3 Å². The molecule has 0 aromatic heterocycles. The lowest BCUT2D eigenvalue weighted by Gasteiger charge is -2.29. The Kier molecular flexibility index (Phi) is 4.43. The summed E-state index contributed by atoms with van der Waals surface area (Å²) in [5.41, 5.74) is 1.67. The molecule has 1 amide bonds. The number of rotatable bonds is 3. The van der Waals surface area contributed by atoms with Gasteiger partial charge in [0.15, 0.2) is 0 Å². The molecule has 1 fully saturated rings. The van der Waals surface area contributed by atoms with Crippen molar-refractivity contribution < 1.29 is 9.53 Å². The van der Waals surface area contributed by atoms with E-state index in [1.54, 1.807) is 0 Å². The van der Waals surface area contributed by atoms with Gasteiger partial charge in [-0.15, -0.1) is 6.42 Å². The van der Waals surface area contributed by atoms with E-state index in [9.17, 15) is 4.79 Å². The summed E-state index contributed by atoms with van der Waals surface area (Å²) in [7, 11) is 0. The third-order valence-electron chi connectivity index (χ3n) is 3.11. The fourth-order valence-electron chi connectivity index (χ4n) is 2.07. The van der Waals surface area contributed by atoms with Crippen molar-refractivity contribution in [3.05, 3.63) is 29.8 Å². The van der Waals surface area contributed by atoms with Gasteiger partial charge in [-0.05, 0) is 25.1 Å². The number of nitrogens with zero attached hydrogens (tertiary/aromatic N) is 1. The molecular weight excluding hydrogens is 240 g/mol. The number of morpholine rings is 1. The average Bonchev–Trinajstić information content (AvgIpc) is 2.47. The van der Waals surface area contributed by atoms with Gasteiger partial charge in [-0.2, -0.15) is 0 Å². The van der Waals surface area contributed by atoms with Crippen molar-refractivity contribution in [2.75, 3.05) is 31.6 Å². The third kappa shape index (κ3) is 3.49. The van der Waals surface area contributed by atoms with Crippen LogP contribution in [0.1, 0.15) is 12.5 Å². The number of benzene rings is 1. The van der Waals surface area contributed by atoms with Crippen molar-refractivity contribution in [2.24, 2.45) is 0 Å². The predicted molar refractivity (Wildman–Crippen MR) is 74.9 cm³/mol. The van der Waals surface area contributed by atoms with Crippen LogP contribution < -0.4 is 5.32 Å². The van der Waals surface area contributed by atoms with Crippen molar-refractivity contribution in [3.8, 4) is 12.3 Å². The first-order valence-electron chi connectivity index (χ1n) is 6.40. The normalized spacial score (nSPS) is 16.5. The van der Waals surface area contributed by atoms with Crippen molar-refractivity contribution in [1.82, 2.24) is 4.90 Å². The molecule has 0 spiro atoms. The quantitative estimate of drug-likeness (QED) is 0.832. The summed E-state index contributed by atoms with van der Waals surface area (Å²) in [6.07, 6.45) is 5.36. The summed E-state index contributed by atoms with van der Waals surface area (Å²) in [6, 6.07) is 7.24. The van der Waals surface area contributed by atoms with Gasteiger partial charge < -0.3 is 15.0 Å². The minimum absolute atomic E-state index is 0.0920. The van der Waals surface area contributed by atoms with Crippen LogP contribution in [0.4, 0.5) is 5.69 Å². The fourth-order valence-corrected chi connectivity index (χ4v) is 2.07. The maximum atomic E-state index is 12.2. The van der Waals surface area contributed by atoms with E-state index in [0.717, 1.165) is 11.3 Å². The Morgan fingerprint density at radius 1 is 1.47 bits per heavy atom. The molecule has 0 radical (unpaired) electrons. The lowest BCUT2D eigenvalue weighted by atomic mass is 10.2. The molecule has 1 aliphatic rings. The standard InChI is InChI=1S/C15H18N2O2/c1-3-13-5-4-6-14(11-13)16-12(2)15(18)17-7-9-19-10-8-17/h1,4-6,11-12,16H,7-10H2,2H3. The number of ether oxygens (including phenoxy) is 1. The lowest BCUT2D eigenvalue weighted by Crippen LogP contribution is -2.46. The molecule has 1 aliphatic heterocycles. The van der Waals surface area contributed by atoms with E-state index in [-0.39, 0.29) is 11.9 Å². The molecule has 0 aliphatic carbocycles. The van der Waals surface area contributed by atoms with Crippen molar-refractivity contribution in [3.63, 3.8) is 0 Å². The molecule has 1 heterocycles. The molecule has 1 aromatic carbocycles. The second-order valence-corrected chi connectivity index (χ2v) is 4.53. The van der Waals surface area contributed by atoms with Crippen LogP contribution in [0.3, 0.4) is 0 Å². The number of amides is 1. The minimum Gasteiger partial charge on any atom is -0.378 e. The Balaban J connectivity index is 1.97. The van der Waals surface area contributed by atoms with E-state index < -0.39 is 0 Å². The van der Waals surface area contributed by atoms with Gasteiger partial charge in [0.1, 0.15) is 6.04 Å². The van der Waals surface area contributed by atoms with Crippen molar-refractivity contribution >= 4 is 11.6 Å². The van der Waals surface area contributed by atoms with Gasteiger partial charge in [0.05, 0.1) is 13.2 Å². The summed E-state index contributed by atoms with van der Waals surface area (Å²) in [5, 5.41) is 3.19. The summed E-state index contributed by atoms with van der Waals surface area (Å²) in [4.78, 5) is 14.1. The van der Waals surface area contributed by atoms with Crippen LogP contribution in [0.5, 0.6) is 0 Å². The van der Waals surface area contributed by atoms with Crippen molar-refractivity contribution in [2.45, 2.75) is 13.0 Å². The molecule has 1 atom stereocenters. The highest BCUT2D eigenvalue weighted by Gasteiger charge is 2.22. The molecule has 0 saturated carbocycles. The highest BCUT2D eigenvalue weighted by molar-refractivity contribution is 5.84. The van der Waals surface area contributed by atoms with E-state index in [2.05, 4.69) is 11.2 Å². The molecule has 1 N–H and O–H groups in total. The van der Waals surface area contributed by atoms with E-state index in [4.69, 9.17) is 11.2 Å². The number of carbonyl (C=O) groups excluding carboxylic acids is 1. The predicted octanol–water partition coefficient (Wildman–Crippen LogP) is 1.33. The number of hydrogen-bond donors (Lipinski definition) is 1. The van der Waals surface area contributed by atoms with Crippen LogP contribution in [0, 0.1) is 12.3 Å². The van der Waals surface area contributed by atoms with Crippen LogP contribution in [0.2, 0.25) is 0 Å². The number of nitrogens with one attached hydrogen (secondary N) is 1. The Morgan fingerprint density at radius 3 is 2.89 bits per heavy atom. The first-order chi connectivity index (χ1) is 9.20. The van der Waals surface area contributed by atoms with Gasteiger partial charge in [-0.1, -0.05) is 12.0 Å². The molecule has 4 nitrogen and oxygen atoms in total. The maximum Gasteiger partial charge on any atom is 0.244 e. The Bertz CT molecular complexity index is 487. The maximum absolute atomic E-state index is 12.2. The highest BCUT2D eigenvalue weighted by atomic mass is 16.5. The van der Waals surface area contributed by atoms with Gasteiger partial charge in [-0.25, -0.2) is 0 Å². The number of carbonyl (C=O) groups is 1. The topological polar surface area (TPSA) is 41.6 Å². The SMILES string of the molecule is C#Cc1cccc(NC(C)C(=O)N2CCOCC2)c1. The molecule has 0 bridgehead atoms. The number of hydrogen-bond acceptors (Lipinski definition) is 3. The Hall–Kier alpha value is -1.99. The minimum atomic E-state index is -0.272. The first kappa shape index (κ1) is 13.4. The second-order valence-electron chi connectivity index (χ2n) is 4.53. The Labute approximate surface area is 113 Å². The van der Waals surface area contributed by atoms with Gasteiger partial charge >= 0.3 is 0 Å². The monoisotopic (exact) mass is 258 g/mol. The molecule has 1 saturated heterocycles. The van der Waals surface area contributed by atoms with E-state index in [1.165, 1.54) is 0 Å². The largest absolute Gasteiger partial charge is 0.378 e. The zero-order valence-electron chi connectivity index (χ0n) is 11.1. The first-order valence-corrected chi connectivity index (χ1v) is 6.40. The van der Waals surface area contributed by atoms with E-state index in [1.807, 2.05) is 36.1 Å². The third-order valence-corrected chi connectivity index (χ3v) is 3.11. The summed E-state index contributed by atoms with van der Waals surface area (Å²) in [5.74, 6) is 2.67. The fraction of sp³-hybridized carbons (Fsp3) is 0.400. The van der Waals surface area contributed by atoms with E-state index in [0.29, 0.717) is 26.3 Å².